The molecule has 11 heteroatoms. The molecular weight excluding hydrogens is 1480 g/mol. The summed E-state index contributed by atoms with van der Waals surface area (Å²) in [6, 6.07) is 17.1. The van der Waals surface area contributed by atoms with Gasteiger partial charge in [0.15, 0.2) is 0 Å². The van der Waals surface area contributed by atoms with Crippen molar-refractivity contribution in [2.24, 2.45) is 23.7 Å². The van der Waals surface area contributed by atoms with Crippen molar-refractivity contribution in [2.45, 2.75) is 339 Å². The van der Waals surface area contributed by atoms with Crippen LogP contribution in [0.5, 0.6) is 40.2 Å². The monoisotopic (exact) mass is 1610 g/mol. The van der Waals surface area contributed by atoms with Crippen molar-refractivity contribution in [3.63, 3.8) is 0 Å². The Labute approximate surface area is 635 Å². The van der Waals surface area contributed by atoms with E-state index < -0.39 is 0 Å². The molecule has 0 aromatic heterocycles. The number of carbonyl (C=O) groups excluding carboxylic acids is 2. The van der Waals surface area contributed by atoms with Gasteiger partial charge in [-0.2, -0.15) is 0 Å². The highest BCUT2D eigenvalue weighted by molar-refractivity contribution is 15.0. The Morgan fingerprint density at radius 1 is 0.465 bits per heavy atom. The number of ether oxygens (including phenoxy) is 5. The normalized spacial score (nSPS) is 23.6. The summed E-state index contributed by atoms with van der Waals surface area (Å²) in [6.07, 6.45) is 37.3. The molecule has 9 nitrogen and oxygen atoms in total. The van der Waals surface area contributed by atoms with Crippen LogP contribution in [0.2, 0.25) is 0 Å². The van der Waals surface area contributed by atoms with E-state index in [0.29, 0.717) is 59.2 Å². The minimum atomic E-state index is -0.268. The van der Waals surface area contributed by atoms with Gasteiger partial charge in [-0.1, -0.05) is 139 Å². The summed E-state index contributed by atoms with van der Waals surface area (Å²) in [5, 5.41) is 21.4. The number of aryl methyl sites for hydroxylation is 4. The SMILES string of the molecule is C.CCCCCc1cc(CC(C)=O)c2c(c1)OC(C)(C)[C@@H]1CC=C(C)C[C@@H]21.CCCCCc1cc(O)c2c(c1)OC(C)(C)[C@@H]1CC=C(C)CC21.CCCCCc1cc(O)c2c(c1)OC(C)(C)[C@@H]1CCC(C)=C[C@@H]21.CCCCCc1cc(OC(C)=O)c2c(c1)OC(C)(C)[C@@H]1CCC(C)=C[C@@H]21.II. The Balaban J connectivity index is 0.000000187. The molecule has 4 aliphatic heterocycles. The molecular formula is C90H130I2O9. The van der Waals surface area contributed by atoms with Crippen LogP contribution in [0, 0.1) is 23.7 Å². The molecule has 0 fully saturated rings. The highest BCUT2D eigenvalue weighted by Gasteiger charge is 2.50. The minimum Gasteiger partial charge on any atom is -0.508 e. The first-order valence-electron chi connectivity index (χ1n) is 38.8. The number of phenolic OH excluding ortho intramolecular Hbond substituents is 2. The first-order chi connectivity index (χ1) is 47.5. The molecule has 0 saturated carbocycles. The molecule has 12 rings (SSSR count). The summed E-state index contributed by atoms with van der Waals surface area (Å²) in [5.74, 6) is 8.42. The number of carbonyl (C=O) groups is 2. The van der Waals surface area contributed by atoms with E-state index in [0.717, 1.165) is 123 Å². The lowest BCUT2D eigenvalue weighted by Gasteiger charge is -2.47. The molecule has 0 radical (unpaired) electrons. The van der Waals surface area contributed by atoms with Gasteiger partial charge in [0.1, 0.15) is 68.4 Å². The van der Waals surface area contributed by atoms with Crippen molar-refractivity contribution in [2.75, 3.05) is 0 Å². The molecule has 4 aromatic rings. The number of benzene rings is 4. The summed E-state index contributed by atoms with van der Waals surface area (Å²) < 4.78 is 31.4. The number of halogens is 2. The Morgan fingerprint density at radius 2 is 0.812 bits per heavy atom. The molecule has 558 valence electrons. The third kappa shape index (κ3) is 20.9. The third-order valence-electron chi connectivity index (χ3n) is 23.2. The number of fused-ring (bicyclic) bond motifs is 12. The van der Waals surface area contributed by atoms with Crippen LogP contribution < -0.4 is 23.7 Å². The number of unbranched alkanes of at least 4 members (excludes halogenated alkanes) is 8. The maximum Gasteiger partial charge on any atom is 0.308 e. The fourth-order valence-electron chi connectivity index (χ4n) is 18.1. The molecule has 0 spiro atoms. The van der Waals surface area contributed by atoms with Gasteiger partial charge in [-0.05, 0) is 269 Å². The minimum absolute atomic E-state index is 0. The van der Waals surface area contributed by atoms with Crippen molar-refractivity contribution < 1.29 is 43.5 Å². The predicted octanol–water partition coefficient (Wildman–Crippen LogP) is 26.0. The number of phenols is 2. The van der Waals surface area contributed by atoms with E-state index in [4.69, 9.17) is 23.7 Å². The van der Waals surface area contributed by atoms with E-state index in [2.05, 4.69) is 209 Å². The second-order valence-electron chi connectivity index (χ2n) is 33.1. The summed E-state index contributed by atoms with van der Waals surface area (Å²) in [4.78, 5) is 23.7. The van der Waals surface area contributed by atoms with Gasteiger partial charge in [-0.25, -0.2) is 0 Å². The summed E-state index contributed by atoms with van der Waals surface area (Å²) >= 11 is 4.24. The quantitative estimate of drug-likeness (QED) is 0.0311. The van der Waals surface area contributed by atoms with Gasteiger partial charge in [0.25, 0.3) is 0 Å². The number of Topliss-reactive ketones (excluding diaryl/α,β-unsaturated/α-hetero) is 1. The summed E-state index contributed by atoms with van der Waals surface area (Å²) in [5.41, 5.74) is 15.6. The fourth-order valence-corrected chi connectivity index (χ4v) is 18.1. The Kier molecular flexibility index (Phi) is 30.6. The second-order valence-corrected chi connectivity index (χ2v) is 33.1. The van der Waals surface area contributed by atoms with Crippen LogP contribution in [0.25, 0.3) is 0 Å². The summed E-state index contributed by atoms with van der Waals surface area (Å²) in [7, 11) is 0. The first-order valence-corrected chi connectivity index (χ1v) is 45.0. The maximum absolute atomic E-state index is 12.0. The lowest BCUT2D eigenvalue weighted by Crippen LogP contribution is -2.45. The van der Waals surface area contributed by atoms with Crippen molar-refractivity contribution in [3.05, 3.63) is 145 Å². The topological polar surface area (TPSA) is 121 Å². The van der Waals surface area contributed by atoms with Gasteiger partial charge in [0.05, 0.1) is 0 Å². The second kappa shape index (κ2) is 37.0. The molecule has 4 aromatic carbocycles. The standard InChI is InChI=1S/C24H34O2.C23H32O3.2C21H30O2.CH4.I2/c1-6-7-8-9-18-14-19(13-17(3)25)23-20-12-16(2)10-11-21(20)24(4,5)26-22(23)15-18;1-6-7-8-9-17-13-20(25-16(3)24)22-18-12-15(2)10-11-19(18)23(4,5)26-21(22)14-17;2*1-5-6-7-8-15-12-18(22)20-16-11-14(2)9-10-17(16)21(3,4)23-19(20)13-15;;1-2/h10,14-15,20-21H,6-9,11-13H2,1-5H3;12-14,18-19H,6-11H2,1-5H3;11-13,16-17,22H,5-10H2,1-4H3;9,12-13,16-17,22H,5-8,10-11H2,1-4H3;1H4;/t20-,21-;18-,19-;16-,17-;16?,17-;;/m1111../s1. The lowest BCUT2D eigenvalue weighted by molar-refractivity contribution is -0.132. The van der Waals surface area contributed by atoms with Gasteiger partial charge in [0.2, 0.25) is 0 Å². The van der Waals surface area contributed by atoms with Crippen LogP contribution in [-0.2, 0) is 41.7 Å². The zero-order chi connectivity index (χ0) is 73.0. The van der Waals surface area contributed by atoms with Gasteiger partial charge in [-0.15, -0.1) is 0 Å². The molecule has 8 aliphatic rings. The molecule has 0 amide bonds. The van der Waals surface area contributed by atoms with Crippen molar-refractivity contribution in [3.8, 4) is 40.2 Å². The van der Waals surface area contributed by atoms with Crippen molar-refractivity contribution >= 4 is 49.0 Å². The van der Waals surface area contributed by atoms with Crippen LogP contribution in [-0.4, -0.2) is 44.4 Å². The Morgan fingerprint density at radius 3 is 1.22 bits per heavy atom. The smallest absolute Gasteiger partial charge is 0.308 e. The molecule has 0 saturated heterocycles. The zero-order valence-corrected chi connectivity index (χ0v) is 69.0. The van der Waals surface area contributed by atoms with Crippen LogP contribution >= 0.6 is 37.2 Å². The molecule has 4 heterocycles. The molecule has 2 N–H and O–H groups in total. The van der Waals surface area contributed by atoms with Gasteiger partial charge < -0.3 is 33.9 Å². The number of ketones is 1. The number of rotatable bonds is 19. The van der Waals surface area contributed by atoms with Crippen molar-refractivity contribution in [1.82, 2.24) is 0 Å². The third-order valence-corrected chi connectivity index (χ3v) is 23.2. The molecule has 0 bridgehead atoms. The van der Waals surface area contributed by atoms with E-state index in [1.54, 1.807) is 6.92 Å². The molecule has 101 heavy (non-hydrogen) atoms. The lowest BCUT2D eigenvalue weighted by atomic mass is 9.66. The maximum atomic E-state index is 12.0. The van der Waals surface area contributed by atoms with E-state index >= 15 is 0 Å². The number of aromatic hydroxyl groups is 2. The van der Waals surface area contributed by atoms with E-state index in [-0.39, 0.29) is 53.4 Å². The highest BCUT2D eigenvalue weighted by atomic mass is 128. The van der Waals surface area contributed by atoms with Crippen LogP contribution in [0.1, 0.15) is 334 Å². The Hall–Kier alpha value is -4.76. The number of esters is 1. The largest absolute Gasteiger partial charge is 0.508 e. The molecule has 8 atom stereocenters. The molecule has 1 unspecified atom stereocenters. The number of hydrogen-bond donors (Lipinski definition) is 2. The number of hydrogen-bond acceptors (Lipinski definition) is 9. The van der Waals surface area contributed by atoms with Crippen molar-refractivity contribution in [1.29, 1.82) is 0 Å². The van der Waals surface area contributed by atoms with Crippen LogP contribution in [0.3, 0.4) is 0 Å². The van der Waals surface area contributed by atoms with Crippen LogP contribution in [0.15, 0.2) is 95.1 Å². The summed E-state index contributed by atoms with van der Waals surface area (Å²) in [6.45, 7) is 38.5. The van der Waals surface area contributed by atoms with Crippen LogP contribution in [0.4, 0.5) is 0 Å². The fraction of sp³-hybridized carbons (Fsp3) is 0.622. The number of allylic oxidation sites excluding steroid dienone is 8. The first kappa shape index (κ1) is 83.5. The van der Waals surface area contributed by atoms with E-state index in [1.807, 2.05) is 12.1 Å². The zero-order valence-electron chi connectivity index (χ0n) is 64.7. The van der Waals surface area contributed by atoms with Gasteiger partial charge in [-0.3, -0.25) is 9.59 Å². The molecule has 4 aliphatic carbocycles. The van der Waals surface area contributed by atoms with E-state index in [9.17, 15) is 19.8 Å². The van der Waals surface area contributed by atoms with Gasteiger partial charge in [0, 0.05) is 114 Å². The van der Waals surface area contributed by atoms with Gasteiger partial charge >= 0.3 is 5.97 Å². The average molecular weight is 1610 g/mol. The average Bonchev–Trinajstić information content (AvgIpc) is 0.764. The highest BCUT2D eigenvalue weighted by Crippen LogP contribution is 2.58. The Bertz CT molecular complexity index is 3580. The predicted molar refractivity (Wildman–Crippen MR) is 438 cm³/mol. The van der Waals surface area contributed by atoms with E-state index in [1.165, 1.54) is 133 Å².